The average molecular weight is 507 g/mol. The summed E-state index contributed by atoms with van der Waals surface area (Å²) in [5, 5.41) is 0.670. The Morgan fingerprint density at radius 3 is 2.47 bits per heavy atom. The molecule has 2 aromatic carbocycles. The number of rotatable bonds is 5. The van der Waals surface area contributed by atoms with Crippen molar-refractivity contribution < 1.29 is 9.21 Å². The third kappa shape index (κ3) is 5.45. The van der Waals surface area contributed by atoms with Crippen LogP contribution in [0.4, 0.5) is 5.69 Å². The first-order valence-corrected chi connectivity index (χ1v) is 13.3. The molecule has 6 nitrogen and oxygen atoms in total. The number of piperazine rings is 1. The molecular weight excluding hydrogens is 472 g/mol. The van der Waals surface area contributed by atoms with E-state index in [-0.39, 0.29) is 5.92 Å². The molecule has 2 saturated heterocycles. The van der Waals surface area contributed by atoms with Crippen molar-refractivity contribution in [2.24, 2.45) is 5.92 Å². The summed E-state index contributed by atoms with van der Waals surface area (Å²) < 4.78 is 5.93. The van der Waals surface area contributed by atoms with Crippen molar-refractivity contribution in [3.63, 3.8) is 0 Å². The molecule has 36 heavy (non-hydrogen) atoms. The van der Waals surface area contributed by atoms with Crippen LogP contribution in [0.25, 0.3) is 11.5 Å². The molecular formula is C29H35ClN4O2. The van der Waals surface area contributed by atoms with Crippen molar-refractivity contribution in [2.75, 3.05) is 44.2 Å². The number of nitrogens with zero attached hydrogens (tertiary/aromatic N) is 4. The summed E-state index contributed by atoms with van der Waals surface area (Å²) in [7, 11) is 0. The fourth-order valence-electron chi connectivity index (χ4n) is 5.36. The van der Waals surface area contributed by atoms with Crippen LogP contribution in [0.15, 0.2) is 46.9 Å². The minimum Gasteiger partial charge on any atom is -0.441 e. The van der Waals surface area contributed by atoms with Gasteiger partial charge >= 0.3 is 0 Å². The SMILES string of the molecule is Cc1ccc(C)c(N2CCN(C(=O)C3CCN(Cc4nc(-c5cccc(Cl)c5)oc4C)CC3)CC2)c1. The van der Waals surface area contributed by atoms with Gasteiger partial charge in [0.25, 0.3) is 0 Å². The molecule has 3 heterocycles. The number of carbonyl (C=O) groups is 1. The summed E-state index contributed by atoms with van der Waals surface area (Å²) in [4.78, 5) is 24.9. The summed E-state index contributed by atoms with van der Waals surface area (Å²) in [6.07, 6.45) is 1.79. The van der Waals surface area contributed by atoms with Gasteiger partial charge in [-0.05, 0) is 82.1 Å². The van der Waals surface area contributed by atoms with Crippen LogP contribution >= 0.6 is 11.6 Å². The molecule has 3 aromatic rings. The molecule has 190 valence electrons. The van der Waals surface area contributed by atoms with Crippen LogP contribution in [0, 0.1) is 26.7 Å². The molecule has 2 aliphatic rings. The highest BCUT2D eigenvalue weighted by Gasteiger charge is 2.31. The van der Waals surface area contributed by atoms with Crippen LogP contribution in [0.2, 0.25) is 5.02 Å². The number of hydrogen-bond acceptors (Lipinski definition) is 5. The largest absolute Gasteiger partial charge is 0.441 e. The van der Waals surface area contributed by atoms with E-state index in [2.05, 4.69) is 46.7 Å². The van der Waals surface area contributed by atoms with Crippen molar-refractivity contribution in [1.29, 1.82) is 0 Å². The number of anilines is 1. The molecule has 0 spiro atoms. The number of benzene rings is 2. The van der Waals surface area contributed by atoms with Gasteiger partial charge < -0.3 is 14.2 Å². The fraction of sp³-hybridized carbons (Fsp3) is 0.448. The van der Waals surface area contributed by atoms with E-state index in [4.69, 9.17) is 21.0 Å². The van der Waals surface area contributed by atoms with E-state index in [1.165, 1.54) is 16.8 Å². The summed E-state index contributed by atoms with van der Waals surface area (Å²) in [5.74, 6) is 1.89. The molecule has 5 rings (SSSR count). The lowest BCUT2D eigenvalue weighted by Crippen LogP contribution is -2.51. The number of amides is 1. The highest BCUT2D eigenvalue weighted by atomic mass is 35.5. The number of halogens is 1. The van der Waals surface area contributed by atoms with Crippen LogP contribution in [-0.4, -0.2) is 60.0 Å². The van der Waals surface area contributed by atoms with Gasteiger partial charge in [-0.2, -0.15) is 0 Å². The summed E-state index contributed by atoms with van der Waals surface area (Å²) in [6.45, 7) is 12.2. The third-order valence-electron chi connectivity index (χ3n) is 7.57. The number of piperidine rings is 1. The van der Waals surface area contributed by atoms with E-state index in [9.17, 15) is 4.79 Å². The van der Waals surface area contributed by atoms with Gasteiger partial charge in [0.1, 0.15) is 5.76 Å². The van der Waals surface area contributed by atoms with Crippen molar-refractivity contribution in [1.82, 2.24) is 14.8 Å². The van der Waals surface area contributed by atoms with Crippen molar-refractivity contribution in [2.45, 2.75) is 40.2 Å². The third-order valence-corrected chi connectivity index (χ3v) is 7.81. The Balaban J connectivity index is 1.12. The van der Waals surface area contributed by atoms with E-state index in [1.807, 2.05) is 31.2 Å². The second kappa shape index (κ2) is 10.7. The zero-order chi connectivity index (χ0) is 25.2. The van der Waals surface area contributed by atoms with E-state index < -0.39 is 0 Å². The molecule has 0 bridgehead atoms. The summed E-state index contributed by atoms with van der Waals surface area (Å²) in [6, 6.07) is 14.2. The van der Waals surface area contributed by atoms with E-state index >= 15 is 0 Å². The van der Waals surface area contributed by atoms with Gasteiger partial charge in [-0.25, -0.2) is 4.98 Å². The van der Waals surface area contributed by atoms with Gasteiger partial charge in [0.2, 0.25) is 11.8 Å². The fourth-order valence-corrected chi connectivity index (χ4v) is 5.55. The Morgan fingerprint density at radius 1 is 1.00 bits per heavy atom. The van der Waals surface area contributed by atoms with Gasteiger partial charge in [-0.3, -0.25) is 9.69 Å². The molecule has 2 aliphatic heterocycles. The van der Waals surface area contributed by atoms with Crippen LogP contribution in [0.1, 0.15) is 35.4 Å². The standard InChI is InChI=1S/C29H35ClN4O2/c1-20-7-8-21(2)27(17-20)33-13-15-34(16-14-33)29(35)23-9-11-32(12-10-23)19-26-22(3)36-28(31-26)24-5-4-6-25(30)18-24/h4-8,17-18,23H,9-16,19H2,1-3H3. The van der Waals surface area contributed by atoms with Gasteiger partial charge in [0.05, 0.1) is 5.69 Å². The lowest BCUT2D eigenvalue weighted by Gasteiger charge is -2.39. The zero-order valence-electron chi connectivity index (χ0n) is 21.5. The maximum atomic E-state index is 13.3. The van der Waals surface area contributed by atoms with Gasteiger partial charge in [0.15, 0.2) is 0 Å². The van der Waals surface area contributed by atoms with Crippen LogP contribution in [-0.2, 0) is 11.3 Å². The summed E-state index contributed by atoms with van der Waals surface area (Å²) in [5.41, 5.74) is 5.73. The molecule has 0 N–H and O–H groups in total. The molecule has 2 fully saturated rings. The first-order chi connectivity index (χ1) is 17.4. The maximum Gasteiger partial charge on any atom is 0.226 e. The van der Waals surface area contributed by atoms with E-state index in [0.29, 0.717) is 16.8 Å². The minimum atomic E-state index is 0.119. The van der Waals surface area contributed by atoms with Crippen molar-refractivity contribution in [3.05, 3.63) is 70.1 Å². The predicted molar refractivity (Wildman–Crippen MR) is 144 cm³/mol. The lowest BCUT2D eigenvalue weighted by atomic mass is 9.94. The highest BCUT2D eigenvalue weighted by molar-refractivity contribution is 6.30. The number of carbonyl (C=O) groups excluding carboxylic acids is 1. The Labute approximate surface area is 218 Å². The molecule has 0 unspecified atom stereocenters. The van der Waals surface area contributed by atoms with Crippen molar-refractivity contribution in [3.8, 4) is 11.5 Å². The second-order valence-corrected chi connectivity index (χ2v) is 10.6. The molecule has 1 amide bonds. The first kappa shape index (κ1) is 24.8. The monoisotopic (exact) mass is 506 g/mol. The Morgan fingerprint density at radius 2 is 1.75 bits per heavy atom. The van der Waals surface area contributed by atoms with Gasteiger partial charge in [-0.15, -0.1) is 0 Å². The van der Waals surface area contributed by atoms with Gasteiger partial charge in [-0.1, -0.05) is 29.8 Å². The number of hydrogen-bond donors (Lipinski definition) is 0. The van der Waals surface area contributed by atoms with E-state index in [0.717, 1.165) is 75.7 Å². The Bertz CT molecular complexity index is 1220. The summed E-state index contributed by atoms with van der Waals surface area (Å²) >= 11 is 6.13. The zero-order valence-corrected chi connectivity index (χ0v) is 22.2. The molecule has 7 heteroatoms. The quantitative estimate of drug-likeness (QED) is 0.458. The van der Waals surface area contributed by atoms with Crippen LogP contribution in [0.5, 0.6) is 0 Å². The van der Waals surface area contributed by atoms with Gasteiger partial charge in [0, 0.05) is 54.9 Å². The van der Waals surface area contributed by atoms with E-state index in [1.54, 1.807) is 0 Å². The Hall–Kier alpha value is -2.83. The maximum absolute atomic E-state index is 13.3. The highest BCUT2D eigenvalue weighted by Crippen LogP contribution is 2.28. The predicted octanol–water partition coefficient (Wildman–Crippen LogP) is 5.48. The number of aromatic nitrogens is 1. The topological polar surface area (TPSA) is 52.8 Å². The molecule has 0 radical (unpaired) electrons. The average Bonchev–Trinajstić information content (AvgIpc) is 3.25. The molecule has 0 aliphatic carbocycles. The molecule has 0 atom stereocenters. The Kier molecular flexibility index (Phi) is 7.35. The first-order valence-electron chi connectivity index (χ1n) is 12.9. The minimum absolute atomic E-state index is 0.119. The molecule has 1 aromatic heterocycles. The van der Waals surface area contributed by atoms with Crippen LogP contribution in [0.3, 0.4) is 0 Å². The second-order valence-electron chi connectivity index (χ2n) is 10.2. The smallest absolute Gasteiger partial charge is 0.226 e. The normalized spacial score (nSPS) is 17.6. The number of oxazole rings is 1. The number of likely N-dealkylation sites (tertiary alicyclic amines) is 1. The number of aryl methyl sites for hydroxylation is 3. The lowest BCUT2D eigenvalue weighted by molar-refractivity contribution is -0.137. The molecule has 0 saturated carbocycles. The van der Waals surface area contributed by atoms with Crippen LogP contribution < -0.4 is 4.90 Å². The van der Waals surface area contributed by atoms with Crippen molar-refractivity contribution >= 4 is 23.2 Å².